The van der Waals surface area contributed by atoms with E-state index in [1.165, 1.54) is 12.5 Å². The first-order valence-corrected chi connectivity index (χ1v) is 6.48. The zero-order valence-electron chi connectivity index (χ0n) is 10.8. The second kappa shape index (κ2) is 5.72. The molecular formula is C14H10ClN5O. The molecule has 3 aromatic rings. The first kappa shape index (κ1) is 13.3. The Hall–Kier alpha value is -2.73. The molecule has 3 rings (SSSR count). The smallest absolute Gasteiger partial charge is 0.257 e. The van der Waals surface area contributed by atoms with E-state index in [0.717, 1.165) is 5.69 Å². The third-order valence-corrected chi connectivity index (χ3v) is 3.02. The summed E-state index contributed by atoms with van der Waals surface area (Å²) in [5.74, 6) is -0.243. The van der Waals surface area contributed by atoms with Gasteiger partial charge in [-0.3, -0.25) is 4.79 Å². The highest BCUT2D eigenvalue weighted by Gasteiger charge is 2.06. The average Bonchev–Trinajstić information content (AvgIpc) is 3.03. The Labute approximate surface area is 125 Å². The van der Waals surface area contributed by atoms with Gasteiger partial charge < -0.3 is 5.32 Å². The van der Waals surface area contributed by atoms with Gasteiger partial charge in [0, 0.05) is 11.9 Å². The second-order valence-corrected chi connectivity index (χ2v) is 4.60. The maximum absolute atomic E-state index is 12.0. The number of carbonyl (C=O) groups excluding carboxylic acids is 1. The van der Waals surface area contributed by atoms with Crippen LogP contribution in [0.2, 0.25) is 5.15 Å². The minimum Gasteiger partial charge on any atom is -0.322 e. The van der Waals surface area contributed by atoms with E-state index < -0.39 is 0 Å². The summed E-state index contributed by atoms with van der Waals surface area (Å²) in [7, 11) is 0. The summed E-state index contributed by atoms with van der Waals surface area (Å²) >= 11 is 5.69. The van der Waals surface area contributed by atoms with Gasteiger partial charge in [-0.1, -0.05) is 11.6 Å². The molecule has 0 aliphatic rings. The van der Waals surface area contributed by atoms with Crippen LogP contribution in [0.25, 0.3) is 5.69 Å². The Kier molecular flexibility index (Phi) is 3.61. The fourth-order valence-electron chi connectivity index (χ4n) is 1.75. The van der Waals surface area contributed by atoms with Crippen molar-refractivity contribution < 1.29 is 4.79 Å². The molecule has 1 amide bonds. The summed E-state index contributed by atoms with van der Waals surface area (Å²) in [6.07, 6.45) is 4.50. The predicted octanol–water partition coefficient (Wildman–Crippen LogP) is 2.57. The third kappa shape index (κ3) is 3.06. The lowest BCUT2D eigenvalue weighted by Crippen LogP contribution is -2.12. The molecule has 2 aromatic heterocycles. The third-order valence-electron chi connectivity index (χ3n) is 2.80. The summed E-state index contributed by atoms with van der Waals surface area (Å²) < 4.78 is 1.63. The molecule has 0 saturated carbocycles. The zero-order valence-corrected chi connectivity index (χ0v) is 11.5. The number of rotatable bonds is 3. The fourth-order valence-corrected chi connectivity index (χ4v) is 1.86. The van der Waals surface area contributed by atoms with E-state index in [9.17, 15) is 4.79 Å². The molecule has 0 spiro atoms. The summed E-state index contributed by atoms with van der Waals surface area (Å²) in [6.45, 7) is 0. The van der Waals surface area contributed by atoms with Crippen LogP contribution in [0.5, 0.6) is 0 Å². The minimum atomic E-state index is -0.243. The van der Waals surface area contributed by atoms with Gasteiger partial charge in [0.15, 0.2) is 0 Å². The van der Waals surface area contributed by atoms with Crippen LogP contribution in [0, 0.1) is 0 Å². The molecule has 0 saturated heterocycles. The van der Waals surface area contributed by atoms with Crippen molar-refractivity contribution in [3.63, 3.8) is 0 Å². The van der Waals surface area contributed by atoms with E-state index in [1.807, 2.05) is 12.1 Å². The maximum Gasteiger partial charge on any atom is 0.257 e. The largest absolute Gasteiger partial charge is 0.322 e. The number of anilines is 1. The number of hydrogen-bond acceptors (Lipinski definition) is 4. The van der Waals surface area contributed by atoms with Crippen molar-refractivity contribution in [2.75, 3.05) is 5.32 Å². The van der Waals surface area contributed by atoms with Crippen molar-refractivity contribution >= 4 is 23.2 Å². The lowest BCUT2D eigenvalue weighted by Gasteiger charge is -2.06. The number of benzene rings is 1. The SMILES string of the molecule is O=C(Nc1ccc(-n2cncn2)cc1)c1ccc(Cl)nc1. The second-order valence-electron chi connectivity index (χ2n) is 4.21. The van der Waals surface area contributed by atoms with Gasteiger partial charge in [0.05, 0.1) is 11.3 Å². The quantitative estimate of drug-likeness (QED) is 0.754. The molecule has 7 heteroatoms. The Morgan fingerprint density at radius 1 is 1.14 bits per heavy atom. The Morgan fingerprint density at radius 3 is 2.57 bits per heavy atom. The molecule has 21 heavy (non-hydrogen) atoms. The Bertz CT molecular complexity index is 738. The van der Waals surface area contributed by atoms with E-state index in [4.69, 9.17) is 11.6 Å². The molecule has 1 aromatic carbocycles. The van der Waals surface area contributed by atoms with E-state index >= 15 is 0 Å². The number of halogens is 1. The van der Waals surface area contributed by atoms with Crippen LogP contribution in [-0.4, -0.2) is 25.7 Å². The van der Waals surface area contributed by atoms with E-state index in [0.29, 0.717) is 16.4 Å². The van der Waals surface area contributed by atoms with Crippen LogP contribution in [0.4, 0.5) is 5.69 Å². The highest BCUT2D eigenvalue weighted by atomic mass is 35.5. The molecular weight excluding hydrogens is 290 g/mol. The van der Waals surface area contributed by atoms with Crippen molar-refractivity contribution in [1.29, 1.82) is 0 Å². The number of pyridine rings is 1. The predicted molar refractivity (Wildman–Crippen MR) is 78.6 cm³/mol. The standard InChI is InChI=1S/C14H10ClN5O/c15-13-6-1-10(7-17-13)14(21)19-11-2-4-12(5-3-11)20-9-16-8-18-20/h1-9H,(H,19,21). The van der Waals surface area contributed by atoms with Gasteiger partial charge in [-0.05, 0) is 36.4 Å². The molecule has 0 aliphatic heterocycles. The number of amides is 1. The van der Waals surface area contributed by atoms with Gasteiger partial charge in [-0.15, -0.1) is 0 Å². The summed E-state index contributed by atoms with van der Waals surface area (Å²) in [5, 5.41) is 7.16. The number of carbonyl (C=O) groups is 1. The van der Waals surface area contributed by atoms with Crippen molar-refractivity contribution in [2.24, 2.45) is 0 Å². The highest BCUT2D eigenvalue weighted by Crippen LogP contribution is 2.14. The van der Waals surface area contributed by atoms with Crippen LogP contribution in [-0.2, 0) is 0 Å². The van der Waals surface area contributed by atoms with E-state index in [2.05, 4.69) is 20.4 Å². The average molecular weight is 300 g/mol. The summed E-state index contributed by atoms with van der Waals surface area (Å²) in [4.78, 5) is 19.8. The number of nitrogens with zero attached hydrogens (tertiary/aromatic N) is 4. The van der Waals surface area contributed by atoms with Crippen molar-refractivity contribution in [2.45, 2.75) is 0 Å². The molecule has 104 valence electrons. The first-order valence-electron chi connectivity index (χ1n) is 6.10. The van der Waals surface area contributed by atoms with Gasteiger partial charge in [0.2, 0.25) is 0 Å². The van der Waals surface area contributed by atoms with Crippen LogP contribution in [0.15, 0.2) is 55.2 Å². The fraction of sp³-hybridized carbons (Fsp3) is 0. The zero-order chi connectivity index (χ0) is 14.7. The topological polar surface area (TPSA) is 72.7 Å². The van der Waals surface area contributed by atoms with Crippen LogP contribution < -0.4 is 5.32 Å². The normalized spacial score (nSPS) is 10.3. The van der Waals surface area contributed by atoms with Crippen molar-refractivity contribution in [3.05, 3.63) is 66.0 Å². The van der Waals surface area contributed by atoms with Crippen molar-refractivity contribution in [3.8, 4) is 5.69 Å². The maximum atomic E-state index is 12.0. The lowest BCUT2D eigenvalue weighted by atomic mass is 10.2. The number of hydrogen-bond donors (Lipinski definition) is 1. The van der Waals surface area contributed by atoms with Gasteiger partial charge in [-0.25, -0.2) is 14.6 Å². The molecule has 0 unspecified atom stereocenters. The Balaban J connectivity index is 1.73. The van der Waals surface area contributed by atoms with Crippen LogP contribution >= 0.6 is 11.6 Å². The van der Waals surface area contributed by atoms with Gasteiger partial charge in [0.1, 0.15) is 17.8 Å². The molecule has 0 fully saturated rings. The molecule has 0 radical (unpaired) electrons. The minimum absolute atomic E-state index is 0.243. The Morgan fingerprint density at radius 2 is 1.95 bits per heavy atom. The van der Waals surface area contributed by atoms with Crippen LogP contribution in [0.1, 0.15) is 10.4 Å². The molecule has 0 atom stereocenters. The first-order chi connectivity index (χ1) is 10.2. The highest BCUT2D eigenvalue weighted by molar-refractivity contribution is 6.29. The molecule has 1 N–H and O–H groups in total. The molecule has 0 aliphatic carbocycles. The number of nitrogens with one attached hydrogen (secondary N) is 1. The summed E-state index contributed by atoms with van der Waals surface area (Å²) in [6, 6.07) is 10.4. The molecule has 6 nitrogen and oxygen atoms in total. The van der Waals surface area contributed by atoms with Crippen LogP contribution in [0.3, 0.4) is 0 Å². The number of aromatic nitrogens is 4. The van der Waals surface area contributed by atoms with Crippen molar-refractivity contribution in [1.82, 2.24) is 19.7 Å². The molecule has 0 bridgehead atoms. The van der Waals surface area contributed by atoms with Gasteiger partial charge >= 0.3 is 0 Å². The van der Waals surface area contributed by atoms with Gasteiger partial charge in [0.25, 0.3) is 5.91 Å². The monoisotopic (exact) mass is 299 g/mol. The summed E-state index contributed by atoms with van der Waals surface area (Å²) in [5.41, 5.74) is 1.98. The van der Waals surface area contributed by atoms with E-state index in [1.54, 1.807) is 35.3 Å². The van der Waals surface area contributed by atoms with Gasteiger partial charge in [-0.2, -0.15) is 5.10 Å². The molecule has 2 heterocycles. The lowest BCUT2D eigenvalue weighted by molar-refractivity contribution is 0.102. The van der Waals surface area contributed by atoms with E-state index in [-0.39, 0.29) is 5.91 Å².